The number of carbonyl (C=O) groups excluding carboxylic acids is 1. The minimum absolute atomic E-state index is 0.210. The predicted octanol–water partition coefficient (Wildman–Crippen LogP) is 3.98. The summed E-state index contributed by atoms with van der Waals surface area (Å²) in [6.07, 6.45) is 0. The van der Waals surface area contributed by atoms with Crippen LogP contribution in [0.5, 0.6) is 0 Å². The minimum atomic E-state index is -0.523. The number of hydrogen-bond donors (Lipinski definition) is 2. The molecule has 6 heteroatoms. The lowest BCUT2D eigenvalue weighted by Gasteiger charge is -2.11. The average molecular weight is 309 g/mol. The van der Waals surface area contributed by atoms with E-state index in [1.807, 2.05) is 0 Å². The van der Waals surface area contributed by atoms with Crippen LogP contribution >= 0.6 is 11.6 Å². The Morgan fingerprint density at radius 3 is 2.81 bits per heavy atom. The number of anilines is 3. The lowest BCUT2D eigenvalue weighted by Crippen LogP contribution is -2.08. The Morgan fingerprint density at radius 1 is 1.33 bits per heavy atom. The first-order chi connectivity index (χ1) is 10.0. The van der Waals surface area contributed by atoms with Crippen LogP contribution < -0.4 is 11.1 Å². The van der Waals surface area contributed by atoms with Gasteiger partial charge in [-0.15, -0.1) is 0 Å². The zero-order valence-corrected chi connectivity index (χ0v) is 12.1. The van der Waals surface area contributed by atoms with Crippen LogP contribution in [0.3, 0.4) is 0 Å². The SMILES string of the molecule is CCOC(=O)c1cc(Nc2cc(Cl)ccc2F)ccc1N. The van der Waals surface area contributed by atoms with Crippen molar-refractivity contribution < 1.29 is 13.9 Å². The molecule has 0 aliphatic carbocycles. The first-order valence-corrected chi connectivity index (χ1v) is 6.67. The molecule has 0 atom stereocenters. The van der Waals surface area contributed by atoms with Crippen molar-refractivity contribution in [3.8, 4) is 0 Å². The van der Waals surface area contributed by atoms with Crippen LogP contribution in [0.25, 0.3) is 0 Å². The summed E-state index contributed by atoms with van der Waals surface area (Å²) in [5.74, 6) is -0.973. The van der Waals surface area contributed by atoms with Crippen LogP contribution in [0.4, 0.5) is 21.5 Å². The molecule has 0 unspecified atom stereocenters. The fraction of sp³-hybridized carbons (Fsp3) is 0.133. The maximum Gasteiger partial charge on any atom is 0.340 e. The number of benzene rings is 2. The van der Waals surface area contributed by atoms with Crippen LogP contribution in [-0.2, 0) is 4.74 Å². The normalized spacial score (nSPS) is 10.2. The molecule has 3 N–H and O–H groups in total. The molecule has 0 heterocycles. The Labute approximate surface area is 126 Å². The van der Waals surface area contributed by atoms with E-state index in [4.69, 9.17) is 22.1 Å². The van der Waals surface area contributed by atoms with Crippen molar-refractivity contribution in [2.24, 2.45) is 0 Å². The number of esters is 1. The molecule has 110 valence electrons. The molecule has 21 heavy (non-hydrogen) atoms. The first-order valence-electron chi connectivity index (χ1n) is 6.30. The van der Waals surface area contributed by atoms with Crippen molar-refractivity contribution in [1.29, 1.82) is 0 Å². The number of halogens is 2. The second-order valence-electron chi connectivity index (χ2n) is 4.27. The Kier molecular flexibility index (Phi) is 4.65. The van der Waals surface area contributed by atoms with Crippen LogP contribution in [-0.4, -0.2) is 12.6 Å². The molecule has 0 radical (unpaired) electrons. The Hall–Kier alpha value is -2.27. The molecule has 0 saturated carbocycles. The molecule has 0 aromatic heterocycles. The zero-order valence-electron chi connectivity index (χ0n) is 11.3. The van der Waals surface area contributed by atoms with Crippen molar-refractivity contribution in [2.75, 3.05) is 17.7 Å². The van der Waals surface area contributed by atoms with Gasteiger partial charge in [-0.25, -0.2) is 9.18 Å². The Bertz CT molecular complexity index is 677. The van der Waals surface area contributed by atoms with Crippen molar-refractivity contribution in [1.82, 2.24) is 0 Å². The number of carbonyl (C=O) groups is 1. The van der Waals surface area contributed by atoms with Gasteiger partial charge >= 0.3 is 5.97 Å². The van der Waals surface area contributed by atoms with E-state index in [1.54, 1.807) is 19.1 Å². The smallest absolute Gasteiger partial charge is 0.340 e. The average Bonchev–Trinajstić information content (AvgIpc) is 2.45. The van der Waals surface area contributed by atoms with Gasteiger partial charge in [0.15, 0.2) is 0 Å². The fourth-order valence-corrected chi connectivity index (χ4v) is 1.94. The third-order valence-corrected chi connectivity index (χ3v) is 2.99. The highest BCUT2D eigenvalue weighted by Gasteiger charge is 2.12. The third kappa shape index (κ3) is 3.64. The van der Waals surface area contributed by atoms with E-state index < -0.39 is 11.8 Å². The van der Waals surface area contributed by atoms with Gasteiger partial charge in [0, 0.05) is 16.4 Å². The number of nitrogen functional groups attached to an aromatic ring is 1. The van der Waals surface area contributed by atoms with Gasteiger partial charge in [-0.2, -0.15) is 0 Å². The third-order valence-electron chi connectivity index (χ3n) is 2.76. The molecule has 2 aromatic carbocycles. The second-order valence-corrected chi connectivity index (χ2v) is 4.71. The van der Waals surface area contributed by atoms with Gasteiger partial charge in [0.1, 0.15) is 5.82 Å². The molecule has 4 nitrogen and oxygen atoms in total. The molecule has 2 aromatic rings. The molecular formula is C15H14ClFN2O2. The number of rotatable bonds is 4. The highest BCUT2D eigenvalue weighted by atomic mass is 35.5. The van der Waals surface area contributed by atoms with Gasteiger partial charge < -0.3 is 15.8 Å². The van der Waals surface area contributed by atoms with E-state index in [2.05, 4.69) is 5.32 Å². The summed E-state index contributed by atoms with van der Waals surface area (Å²) >= 11 is 5.83. The molecule has 0 fully saturated rings. The fourth-order valence-electron chi connectivity index (χ4n) is 1.77. The van der Waals surface area contributed by atoms with Gasteiger partial charge in [0.25, 0.3) is 0 Å². The summed E-state index contributed by atoms with van der Waals surface area (Å²) < 4.78 is 18.6. The highest BCUT2D eigenvalue weighted by molar-refractivity contribution is 6.30. The van der Waals surface area contributed by atoms with Crippen LogP contribution in [0.1, 0.15) is 17.3 Å². The molecule has 0 aliphatic rings. The predicted molar refractivity (Wildman–Crippen MR) is 81.5 cm³/mol. The maximum absolute atomic E-state index is 13.7. The summed E-state index contributed by atoms with van der Waals surface area (Å²) in [6.45, 7) is 1.95. The summed E-state index contributed by atoms with van der Waals surface area (Å²) in [6, 6.07) is 8.86. The number of hydrogen-bond acceptors (Lipinski definition) is 4. The van der Waals surface area contributed by atoms with Gasteiger partial charge in [0.05, 0.1) is 17.9 Å². The second kappa shape index (κ2) is 6.45. The van der Waals surface area contributed by atoms with E-state index in [-0.39, 0.29) is 17.9 Å². The van der Waals surface area contributed by atoms with Gasteiger partial charge in [-0.05, 0) is 43.3 Å². The summed E-state index contributed by atoms with van der Waals surface area (Å²) in [5.41, 5.74) is 6.99. The first kappa shape index (κ1) is 15.1. The number of ether oxygens (including phenoxy) is 1. The Balaban J connectivity index is 2.31. The number of nitrogens with one attached hydrogen (secondary N) is 1. The van der Waals surface area contributed by atoms with Crippen molar-refractivity contribution in [2.45, 2.75) is 6.92 Å². The lowest BCUT2D eigenvalue weighted by molar-refractivity contribution is 0.0527. The van der Waals surface area contributed by atoms with Crippen LogP contribution in [0.2, 0.25) is 5.02 Å². The van der Waals surface area contributed by atoms with Crippen molar-refractivity contribution >= 4 is 34.6 Å². The van der Waals surface area contributed by atoms with Crippen LogP contribution in [0, 0.1) is 5.82 Å². The van der Waals surface area contributed by atoms with Gasteiger partial charge in [-0.3, -0.25) is 0 Å². The molecule has 0 saturated heterocycles. The quantitative estimate of drug-likeness (QED) is 0.662. The summed E-state index contributed by atoms with van der Waals surface area (Å²) in [7, 11) is 0. The van der Waals surface area contributed by atoms with Crippen molar-refractivity contribution in [3.63, 3.8) is 0 Å². The summed E-state index contributed by atoms with van der Waals surface area (Å²) in [4.78, 5) is 11.8. The van der Waals surface area contributed by atoms with E-state index >= 15 is 0 Å². The molecule has 0 spiro atoms. The standard InChI is InChI=1S/C15H14ClFN2O2/c1-2-21-15(20)11-8-10(4-6-13(11)18)19-14-7-9(16)3-5-12(14)17/h3-8,19H,2,18H2,1H3. The van der Waals surface area contributed by atoms with Crippen molar-refractivity contribution in [3.05, 3.63) is 52.8 Å². The summed E-state index contributed by atoms with van der Waals surface area (Å²) in [5, 5.41) is 3.26. The maximum atomic E-state index is 13.7. The molecule has 0 aliphatic heterocycles. The van der Waals surface area contributed by atoms with Gasteiger partial charge in [-0.1, -0.05) is 11.6 Å². The van der Waals surface area contributed by atoms with E-state index in [0.717, 1.165) is 0 Å². The lowest BCUT2D eigenvalue weighted by atomic mass is 10.1. The largest absolute Gasteiger partial charge is 0.462 e. The minimum Gasteiger partial charge on any atom is -0.462 e. The monoisotopic (exact) mass is 308 g/mol. The molecular weight excluding hydrogens is 295 g/mol. The molecule has 2 rings (SSSR count). The van der Waals surface area contributed by atoms with E-state index in [1.165, 1.54) is 24.3 Å². The molecule has 0 bridgehead atoms. The van der Waals surface area contributed by atoms with Gasteiger partial charge in [0.2, 0.25) is 0 Å². The van der Waals surface area contributed by atoms with E-state index in [0.29, 0.717) is 16.4 Å². The molecule has 0 amide bonds. The topological polar surface area (TPSA) is 64.3 Å². The Morgan fingerprint density at radius 2 is 2.10 bits per heavy atom. The zero-order chi connectivity index (χ0) is 15.4. The van der Waals surface area contributed by atoms with E-state index in [9.17, 15) is 9.18 Å². The van der Waals surface area contributed by atoms with Crippen LogP contribution in [0.15, 0.2) is 36.4 Å². The highest BCUT2D eigenvalue weighted by Crippen LogP contribution is 2.26. The number of nitrogens with two attached hydrogens (primary N) is 1.